The first kappa shape index (κ1) is 22.3. The highest BCUT2D eigenvalue weighted by Crippen LogP contribution is 2.45. The van der Waals surface area contributed by atoms with Gasteiger partial charge in [0.15, 0.2) is 0 Å². The maximum Gasteiger partial charge on any atom is 0.407 e. The molecule has 1 aromatic rings. The van der Waals surface area contributed by atoms with Crippen LogP contribution in [0.1, 0.15) is 61.5 Å². The number of hydrogen-bond acceptors (Lipinski definition) is 5. The number of piperidine rings is 1. The topological polar surface area (TPSA) is 58.6 Å². The van der Waals surface area contributed by atoms with E-state index in [-0.39, 0.29) is 17.4 Å². The molecule has 1 atom stereocenters. The SMILES string of the molecule is CC(C)(C)OC(=O)N[C@H]1CCN(C(=O)c2ccc(C3SCCS3)cc2)CC1(C)C. The number of benzene rings is 1. The molecular formula is C22H32N2O3S2. The van der Waals surface area contributed by atoms with Gasteiger partial charge in [-0.1, -0.05) is 26.0 Å². The molecule has 0 aromatic heterocycles. The lowest BCUT2D eigenvalue weighted by atomic mass is 9.79. The molecule has 5 nitrogen and oxygen atoms in total. The van der Waals surface area contributed by atoms with E-state index in [4.69, 9.17) is 4.74 Å². The summed E-state index contributed by atoms with van der Waals surface area (Å²) in [5.41, 5.74) is 1.26. The molecule has 160 valence electrons. The van der Waals surface area contributed by atoms with Crippen LogP contribution in [-0.4, -0.2) is 53.1 Å². The molecule has 1 aromatic carbocycles. The first-order valence-electron chi connectivity index (χ1n) is 10.2. The molecule has 3 rings (SSSR count). The summed E-state index contributed by atoms with van der Waals surface area (Å²) in [6, 6.07) is 8.06. The van der Waals surface area contributed by atoms with Gasteiger partial charge in [0.2, 0.25) is 0 Å². The van der Waals surface area contributed by atoms with Gasteiger partial charge in [-0.15, -0.1) is 23.5 Å². The van der Waals surface area contributed by atoms with E-state index in [1.807, 2.05) is 61.3 Å². The summed E-state index contributed by atoms with van der Waals surface area (Å²) in [5.74, 6) is 2.45. The number of carbonyl (C=O) groups excluding carboxylic acids is 2. The molecule has 0 spiro atoms. The Hall–Kier alpha value is -1.34. The zero-order valence-electron chi connectivity index (χ0n) is 18.0. The van der Waals surface area contributed by atoms with Crippen molar-refractivity contribution in [3.05, 3.63) is 35.4 Å². The third-order valence-electron chi connectivity index (χ3n) is 5.26. The van der Waals surface area contributed by atoms with E-state index in [1.165, 1.54) is 17.1 Å². The number of carbonyl (C=O) groups is 2. The van der Waals surface area contributed by atoms with Crippen LogP contribution in [0.5, 0.6) is 0 Å². The average Bonchev–Trinajstić information content (AvgIpc) is 3.16. The van der Waals surface area contributed by atoms with Gasteiger partial charge in [-0.3, -0.25) is 4.79 Å². The third kappa shape index (κ3) is 5.85. The van der Waals surface area contributed by atoms with Gasteiger partial charge in [-0.25, -0.2) is 4.79 Å². The summed E-state index contributed by atoms with van der Waals surface area (Å²) >= 11 is 3.94. The van der Waals surface area contributed by atoms with Crippen molar-refractivity contribution in [1.29, 1.82) is 0 Å². The van der Waals surface area contributed by atoms with E-state index in [2.05, 4.69) is 31.3 Å². The largest absolute Gasteiger partial charge is 0.444 e. The number of alkyl carbamates (subject to hydrolysis) is 1. The smallest absolute Gasteiger partial charge is 0.407 e. The second-order valence-corrected chi connectivity index (χ2v) is 12.1. The van der Waals surface area contributed by atoms with Gasteiger partial charge in [-0.05, 0) is 44.9 Å². The number of ether oxygens (including phenoxy) is 1. The Morgan fingerprint density at radius 1 is 1.14 bits per heavy atom. The molecule has 1 N–H and O–H groups in total. The molecule has 2 fully saturated rings. The van der Waals surface area contributed by atoms with Crippen molar-refractivity contribution in [2.75, 3.05) is 24.6 Å². The van der Waals surface area contributed by atoms with Gasteiger partial charge in [0.05, 0.1) is 4.58 Å². The monoisotopic (exact) mass is 436 g/mol. The van der Waals surface area contributed by atoms with E-state index in [9.17, 15) is 9.59 Å². The van der Waals surface area contributed by atoms with E-state index < -0.39 is 11.7 Å². The fraction of sp³-hybridized carbons (Fsp3) is 0.636. The van der Waals surface area contributed by atoms with Crippen LogP contribution in [0.4, 0.5) is 4.79 Å². The molecule has 0 unspecified atom stereocenters. The van der Waals surface area contributed by atoms with E-state index in [0.29, 0.717) is 24.1 Å². The van der Waals surface area contributed by atoms with Gasteiger partial charge in [0.1, 0.15) is 5.60 Å². The molecular weight excluding hydrogens is 404 g/mol. The van der Waals surface area contributed by atoms with Crippen LogP contribution in [0.25, 0.3) is 0 Å². The molecule has 2 heterocycles. The summed E-state index contributed by atoms with van der Waals surface area (Å²) in [4.78, 5) is 27.1. The maximum atomic E-state index is 13.0. The van der Waals surface area contributed by atoms with Crippen molar-refractivity contribution in [2.24, 2.45) is 5.41 Å². The van der Waals surface area contributed by atoms with Gasteiger partial charge in [0.25, 0.3) is 5.91 Å². The second kappa shape index (κ2) is 8.80. The predicted molar refractivity (Wildman–Crippen MR) is 122 cm³/mol. The number of thioether (sulfide) groups is 2. The van der Waals surface area contributed by atoms with E-state index in [0.717, 1.165) is 5.56 Å². The van der Waals surface area contributed by atoms with Crippen LogP contribution >= 0.6 is 23.5 Å². The molecule has 0 saturated carbocycles. The third-order valence-corrected chi connectivity index (χ3v) is 8.36. The molecule has 2 aliphatic rings. The quantitative estimate of drug-likeness (QED) is 0.728. The van der Waals surface area contributed by atoms with Gasteiger partial charge in [0, 0.05) is 41.6 Å². The number of rotatable bonds is 3. The van der Waals surface area contributed by atoms with Crippen molar-refractivity contribution in [2.45, 2.75) is 57.3 Å². The highest BCUT2D eigenvalue weighted by atomic mass is 32.2. The fourth-order valence-corrected chi connectivity index (χ4v) is 6.62. The Morgan fingerprint density at radius 3 is 2.31 bits per heavy atom. The minimum absolute atomic E-state index is 0.0276. The molecule has 0 aliphatic carbocycles. The minimum atomic E-state index is -0.521. The summed E-state index contributed by atoms with van der Waals surface area (Å²) < 4.78 is 5.89. The van der Waals surface area contributed by atoms with E-state index in [1.54, 1.807) is 0 Å². The molecule has 7 heteroatoms. The van der Waals surface area contributed by atoms with Crippen molar-refractivity contribution in [3.63, 3.8) is 0 Å². The Labute approximate surface area is 182 Å². The molecule has 2 amide bonds. The van der Waals surface area contributed by atoms with Gasteiger partial charge >= 0.3 is 6.09 Å². The van der Waals surface area contributed by atoms with Crippen LogP contribution in [0, 0.1) is 5.41 Å². The maximum absolute atomic E-state index is 13.0. The normalized spacial score (nSPS) is 22.4. The van der Waals surface area contributed by atoms with Crippen molar-refractivity contribution < 1.29 is 14.3 Å². The first-order chi connectivity index (χ1) is 13.5. The zero-order valence-corrected chi connectivity index (χ0v) is 19.6. The molecule has 2 aliphatic heterocycles. The van der Waals surface area contributed by atoms with Crippen LogP contribution in [0.15, 0.2) is 24.3 Å². The molecule has 0 radical (unpaired) electrons. The van der Waals surface area contributed by atoms with Gasteiger partial charge < -0.3 is 15.0 Å². The summed E-state index contributed by atoms with van der Waals surface area (Å²) in [5, 5.41) is 3.00. The van der Waals surface area contributed by atoms with Crippen LogP contribution in [0.3, 0.4) is 0 Å². The Bertz CT molecular complexity index is 737. The number of amides is 2. The fourth-order valence-electron chi connectivity index (χ4n) is 3.76. The lowest BCUT2D eigenvalue weighted by Gasteiger charge is -2.44. The number of nitrogens with zero attached hydrogens (tertiary/aromatic N) is 1. The molecule has 2 saturated heterocycles. The Morgan fingerprint density at radius 2 is 1.76 bits per heavy atom. The van der Waals surface area contributed by atoms with Crippen LogP contribution in [0.2, 0.25) is 0 Å². The summed E-state index contributed by atoms with van der Waals surface area (Å²) in [6.45, 7) is 11.0. The first-order valence-corrected chi connectivity index (χ1v) is 12.3. The van der Waals surface area contributed by atoms with Crippen molar-refractivity contribution in [3.8, 4) is 0 Å². The van der Waals surface area contributed by atoms with Gasteiger partial charge in [-0.2, -0.15) is 0 Å². The highest BCUT2D eigenvalue weighted by Gasteiger charge is 2.39. The molecule has 29 heavy (non-hydrogen) atoms. The number of hydrogen-bond donors (Lipinski definition) is 1. The summed E-state index contributed by atoms with van der Waals surface area (Å²) in [6.07, 6.45) is 0.319. The second-order valence-electron chi connectivity index (χ2n) is 9.40. The zero-order chi connectivity index (χ0) is 21.2. The lowest BCUT2D eigenvalue weighted by Crippen LogP contribution is -2.57. The van der Waals surface area contributed by atoms with Crippen molar-refractivity contribution in [1.82, 2.24) is 10.2 Å². The van der Waals surface area contributed by atoms with Crippen LogP contribution < -0.4 is 5.32 Å². The Balaban J connectivity index is 1.60. The number of nitrogens with one attached hydrogen (secondary N) is 1. The Kier molecular flexibility index (Phi) is 6.78. The summed E-state index contributed by atoms with van der Waals surface area (Å²) in [7, 11) is 0. The minimum Gasteiger partial charge on any atom is -0.444 e. The van der Waals surface area contributed by atoms with E-state index >= 15 is 0 Å². The predicted octanol–water partition coefficient (Wildman–Crippen LogP) is 4.93. The lowest BCUT2D eigenvalue weighted by molar-refractivity contribution is 0.0306. The molecule has 0 bridgehead atoms. The van der Waals surface area contributed by atoms with Crippen LogP contribution in [-0.2, 0) is 4.74 Å². The average molecular weight is 437 g/mol. The van der Waals surface area contributed by atoms with Crippen molar-refractivity contribution >= 4 is 35.5 Å². The highest BCUT2D eigenvalue weighted by molar-refractivity contribution is 8.19. The standard InChI is InChI=1S/C22H32N2O3S2/c1-21(2,3)27-20(26)23-17-10-11-24(14-22(17,4)5)18(25)15-6-8-16(9-7-15)19-28-12-13-29-19/h6-9,17,19H,10-14H2,1-5H3,(H,23,26)/t17-/m0/s1. The number of likely N-dealkylation sites (tertiary alicyclic amines) is 1.